The number of benzene rings is 1. The highest BCUT2D eigenvalue weighted by molar-refractivity contribution is 5.96. The van der Waals surface area contributed by atoms with E-state index in [1.807, 2.05) is 12.1 Å². The van der Waals surface area contributed by atoms with E-state index >= 15 is 0 Å². The lowest BCUT2D eigenvalue weighted by Crippen LogP contribution is -2.37. The minimum absolute atomic E-state index is 0.0362. The summed E-state index contributed by atoms with van der Waals surface area (Å²) in [7, 11) is 0. The molecule has 0 aromatic heterocycles. The molecule has 0 atom stereocenters. The largest absolute Gasteiger partial charge is 0.355 e. The molecule has 0 heterocycles. The molecule has 0 saturated carbocycles. The lowest BCUT2D eigenvalue weighted by atomic mass is 9.87. The van der Waals surface area contributed by atoms with Crippen molar-refractivity contribution in [2.75, 3.05) is 19.8 Å². The number of alkyl halides is 1. The smallest absolute Gasteiger partial charge is 0.251 e. The average molecular weight is 308 g/mol. The van der Waals surface area contributed by atoms with Crippen molar-refractivity contribution in [3.8, 4) is 0 Å². The Bertz CT molecular complexity index is 492. The third kappa shape index (κ3) is 6.24. The molecule has 2 N–H and O–H groups in total. The summed E-state index contributed by atoms with van der Waals surface area (Å²) in [6.45, 7) is 6.30. The Morgan fingerprint density at radius 1 is 1.05 bits per heavy atom. The number of carbonyl (C=O) groups is 2. The van der Waals surface area contributed by atoms with Gasteiger partial charge in [-0.2, -0.15) is 0 Å². The molecule has 0 saturated heterocycles. The van der Waals surface area contributed by atoms with Crippen LogP contribution in [-0.4, -0.2) is 31.6 Å². The van der Waals surface area contributed by atoms with Crippen molar-refractivity contribution < 1.29 is 14.0 Å². The lowest BCUT2D eigenvalue weighted by molar-refractivity contribution is -0.120. The summed E-state index contributed by atoms with van der Waals surface area (Å²) in [6.07, 6.45) is 1.04. The molecule has 0 bridgehead atoms. The minimum atomic E-state index is -0.378. The number of halogens is 1. The molecule has 0 aliphatic rings. The van der Waals surface area contributed by atoms with E-state index in [1.54, 1.807) is 12.1 Å². The molecule has 0 unspecified atom stereocenters. The van der Waals surface area contributed by atoms with Gasteiger partial charge in [-0.1, -0.05) is 32.9 Å². The Labute approximate surface area is 131 Å². The molecule has 0 aliphatic carbocycles. The molecular formula is C17H25FN2O2. The molecule has 2 amide bonds. The fourth-order valence-corrected chi connectivity index (χ4v) is 1.89. The van der Waals surface area contributed by atoms with E-state index in [1.165, 1.54) is 0 Å². The van der Waals surface area contributed by atoms with E-state index in [0.29, 0.717) is 24.9 Å². The standard InChI is InChI=1S/C17H25FN2O2/c1-17(2,3)14-8-6-13(7-9-14)16(22)20-12-15(21)19-11-5-4-10-18/h6-9H,4-5,10-12H2,1-3H3,(H,19,21)(H,20,22). The van der Waals surface area contributed by atoms with Crippen LogP contribution in [0.1, 0.15) is 49.5 Å². The van der Waals surface area contributed by atoms with Crippen LogP contribution in [0.3, 0.4) is 0 Å². The SMILES string of the molecule is CC(C)(C)c1ccc(C(=O)NCC(=O)NCCCCF)cc1. The van der Waals surface area contributed by atoms with Crippen LogP contribution in [0.4, 0.5) is 4.39 Å². The quantitative estimate of drug-likeness (QED) is 0.761. The van der Waals surface area contributed by atoms with Gasteiger partial charge in [-0.3, -0.25) is 14.0 Å². The van der Waals surface area contributed by atoms with Crippen molar-refractivity contribution in [2.24, 2.45) is 0 Å². The Balaban J connectivity index is 2.40. The summed E-state index contributed by atoms with van der Waals surface area (Å²) < 4.78 is 11.9. The van der Waals surface area contributed by atoms with E-state index in [-0.39, 0.29) is 30.4 Å². The maximum absolute atomic E-state index is 11.9. The average Bonchev–Trinajstić information content (AvgIpc) is 2.48. The number of amides is 2. The predicted molar refractivity (Wildman–Crippen MR) is 85.7 cm³/mol. The van der Waals surface area contributed by atoms with Gasteiger partial charge < -0.3 is 10.6 Å². The van der Waals surface area contributed by atoms with Crippen molar-refractivity contribution in [2.45, 2.75) is 39.0 Å². The summed E-state index contributed by atoms with van der Waals surface area (Å²) in [5.74, 6) is -0.544. The zero-order valence-electron chi connectivity index (χ0n) is 13.5. The zero-order chi connectivity index (χ0) is 16.6. The van der Waals surface area contributed by atoms with Crippen LogP contribution >= 0.6 is 0 Å². The second-order valence-electron chi connectivity index (χ2n) is 6.26. The number of hydrogen-bond donors (Lipinski definition) is 2. The second-order valence-corrected chi connectivity index (χ2v) is 6.26. The van der Waals surface area contributed by atoms with Gasteiger partial charge in [-0.05, 0) is 36.0 Å². The van der Waals surface area contributed by atoms with E-state index in [0.717, 1.165) is 5.56 Å². The van der Waals surface area contributed by atoms with E-state index in [9.17, 15) is 14.0 Å². The van der Waals surface area contributed by atoms with Gasteiger partial charge >= 0.3 is 0 Å². The van der Waals surface area contributed by atoms with Gasteiger partial charge in [0.15, 0.2) is 0 Å². The van der Waals surface area contributed by atoms with Crippen LogP contribution in [0.25, 0.3) is 0 Å². The first-order valence-electron chi connectivity index (χ1n) is 7.56. The molecule has 1 aromatic carbocycles. The van der Waals surface area contributed by atoms with Crippen molar-refractivity contribution in [3.63, 3.8) is 0 Å². The van der Waals surface area contributed by atoms with Crippen molar-refractivity contribution in [3.05, 3.63) is 35.4 Å². The first-order chi connectivity index (χ1) is 10.3. The third-order valence-electron chi connectivity index (χ3n) is 3.31. The molecule has 4 nitrogen and oxygen atoms in total. The highest BCUT2D eigenvalue weighted by atomic mass is 19.1. The topological polar surface area (TPSA) is 58.2 Å². The summed E-state index contributed by atoms with van der Waals surface area (Å²) in [6, 6.07) is 7.36. The number of hydrogen-bond acceptors (Lipinski definition) is 2. The molecule has 22 heavy (non-hydrogen) atoms. The van der Waals surface area contributed by atoms with Gasteiger partial charge in [0.1, 0.15) is 0 Å². The van der Waals surface area contributed by atoms with Gasteiger partial charge in [-0.25, -0.2) is 0 Å². The Kier molecular flexibility index (Phi) is 7.02. The molecule has 1 rings (SSSR count). The first kappa shape index (κ1) is 18.1. The van der Waals surface area contributed by atoms with Crippen molar-refractivity contribution in [1.82, 2.24) is 10.6 Å². The van der Waals surface area contributed by atoms with Gasteiger partial charge in [0, 0.05) is 12.1 Å². The number of unbranched alkanes of at least 4 members (excludes halogenated alkanes) is 1. The number of rotatable bonds is 7. The van der Waals surface area contributed by atoms with Gasteiger partial charge in [-0.15, -0.1) is 0 Å². The molecule has 5 heteroatoms. The maximum Gasteiger partial charge on any atom is 0.251 e. The summed E-state index contributed by atoms with van der Waals surface area (Å²) in [4.78, 5) is 23.5. The monoisotopic (exact) mass is 308 g/mol. The van der Waals surface area contributed by atoms with Crippen molar-refractivity contribution >= 4 is 11.8 Å². The summed E-state index contributed by atoms with van der Waals surface area (Å²) in [5.41, 5.74) is 1.71. The zero-order valence-corrected chi connectivity index (χ0v) is 13.5. The fourth-order valence-electron chi connectivity index (χ4n) is 1.89. The number of nitrogens with one attached hydrogen (secondary N) is 2. The minimum Gasteiger partial charge on any atom is -0.355 e. The summed E-state index contributed by atoms with van der Waals surface area (Å²) >= 11 is 0. The van der Waals surface area contributed by atoms with Gasteiger partial charge in [0.2, 0.25) is 5.91 Å². The van der Waals surface area contributed by atoms with Crippen LogP contribution < -0.4 is 10.6 Å². The fraction of sp³-hybridized carbons (Fsp3) is 0.529. The van der Waals surface area contributed by atoms with Crippen LogP contribution in [-0.2, 0) is 10.2 Å². The highest BCUT2D eigenvalue weighted by Crippen LogP contribution is 2.22. The van der Waals surface area contributed by atoms with Crippen molar-refractivity contribution in [1.29, 1.82) is 0 Å². The Morgan fingerprint density at radius 3 is 2.23 bits per heavy atom. The first-order valence-corrected chi connectivity index (χ1v) is 7.56. The molecular weight excluding hydrogens is 283 g/mol. The molecule has 0 radical (unpaired) electrons. The van der Waals surface area contributed by atoms with Crippen LogP contribution in [0.2, 0.25) is 0 Å². The molecule has 0 spiro atoms. The lowest BCUT2D eigenvalue weighted by Gasteiger charge is -2.19. The van der Waals surface area contributed by atoms with Crippen LogP contribution in [0, 0.1) is 0 Å². The summed E-state index contributed by atoms with van der Waals surface area (Å²) in [5, 5.41) is 5.21. The molecule has 0 fully saturated rings. The van der Waals surface area contributed by atoms with Gasteiger partial charge in [0.05, 0.1) is 13.2 Å². The number of carbonyl (C=O) groups excluding carboxylic acids is 2. The molecule has 122 valence electrons. The van der Waals surface area contributed by atoms with Crippen LogP contribution in [0.15, 0.2) is 24.3 Å². The molecule has 1 aromatic rings. The highest BCUT2D eigenvalue weighted by Gasteiger charge is 2.14. The second kappa shape index (κ2) is 8.51. The normalized spacial score (nSPS) is 11.1. The predicted octanol–water partition coefficient (Wildman–Crippen LogP) is 2.58. The van der Waals surface area contributed by atoms with E-state index in [2.05, 4.69) is 31.4 Å². The van der Waals surface area contributed by atoms with E-state index < -0.39 is 0 Å². The van der Waals surface area contributed by atoms with Crippen LogP contribution in [0.5, 0.6) is 0 Å². The molecule has 0 aliphatic heterocycles. The maximum atomic E-state index is 11.9. The van der Waals surface area contributed by atoms with Gasteiger partial charge in [0.25, 0.3) is 5.91 Å². The third-order valence-corrected chi connectivity index (χ3v) is 3.31. The van der Waals surface area contributed by atoms with E-state index in [4.69, 9.17) is 0 Å². The Hall–Kier alpha value is -1.91. The Morgan fingerprint density at radius 2 is 1.68 bits per heavy atom.